The molecule has 11 heavy (non-hydrogen) atoms. The van der Waals surface area contributed by atoms with E-state index in [4.69, 9.17) is 0 Å². The molecule has 5 heteroatoms. The summed E-state index contributed by atoms with van der Waals surface area (Å²) in [7, 11) is 0. The topological polar surface area (TPSA) is 43.6 Å². The van der Waals surface area contributed by atoms with E-state index in [2.05, 4.69) is 14.5 Å². The number of aromatic nitrogens is 4. The van der Waals surface area contributed by atoms with Crippen molar-refractivity contribution < 1.29 is 0 Å². The minimum atomic E-state index is 0.804. The van der Waals surface area contributed by atoms with Gasteiger partial charge in [0.1, 0.15) is 6.33 Å². The van der Waals surface area contributed by atoms with Gasteiger partial charge >= 0.3 is 0 Å². The van der Waals surface area contributed by atoms with Crippen molar-refractivity contribution >= 4 is 11.5 Å². The third-order valence-electron chi connectivity index (χ3n) is 1.27. The minimum absolute atomic E-state index is 0.804. The molecule has 0 atom stereocenters. The van der Waals surface area contributed by atoms with Crippen LogP contribution in [0.3, 0.4) is 0 Å². The minimum Gasteiger partial charge on any atom is -0.212 e. The van der Waals surface area contributed by atoms with Gasteiger partial charge in [0.2, 0.25) is 5.13 Å². The number of hydrogen-bond donors (Lipinski definition) is 0. The monoisotopic (exact) mass is 166 g/mol. The molecule has 0 aliphatic carbocycles. The Morgan fingerprint density at radius 3 is 3.00 bits per heavy atom. The summed E-state index contributed by atoms with van der Waals surface area (Å²) in [6.07, 6.45) is 3.40. The van der Waals surface area contributed by atoms with E-state index in [1.807, 2.05) is 19.2 Å². The molecule has 0 aliphatic heterocycles. The Morgan fingerprint density at radius 1 is 1.55 bits per heavy atom. The molecular weight excluding hydrogens is 160 g/mol. The lowest BCUT2D eigenvalue weighted by Crippen LogP contribution is -1.92. The maximum Gasteiger partial charge on any atom is 0.229 e. The van der Waals surface area contributed by atoms with E-state index in [0.29, 0.717) is 0 Å². The molecule has 0 saturated carbocycles. The first-order valence-electron chi connectivity index (χ1n) is 3.15. The highest BCUT2D eigenvalue weighted by molar-refractivity contribution is 7.07. The first-order chi connectivity index (χ1) is 5.36. The number of aryl methyl sites for hydroxylation is 1. The average molecular weight is 166 g/mol. The molecule has 0 bridgehead atoms. The van der Waals surface area contributed by atoms with E-state index in [-0.39, 0.29) is 0 Å². The van der Waals surface area contributed by atoms with Crippen molar-refractivity contribution in [3.63, 3.8) is 0 Å². The first-order valence-corrected chi connectivity index (χ1v) is 3.93. The van der Waals surface area contributed by atoms with E-state index < -0.39 is 0 Å². The molecule has 0 aromatic carbocycles. The zero-order chi connectivity index (χ0) is 7.68. The van der Waals surface area contributed by atoms with Gasteiger partial charge in [-0.05, 0) is 13.0 Å². The predicted molar refractivity (Wildman–Crippen MR) is 41.8 cm³/mol. The molecule has 0 unspecified atom stereocenters. The average Bonchev–Trinajstić information content (AvgIpc) is 2.55. The quantitative estimate of drug-likeness (QED) is 0.635. The van der Waals surface area contributed by atoms with Gasteiger partial charge in [-0.25, -0.2) is 9.67 Å². The summed E-state index contributed by atoms with van der Waals surface area (Å²) in [5.74, 6) is 0. The van der Waals surface area contributed by atoms with E-state index in [1.54, 1.807) is 4.68 Å². The molecule has 0 radical (unpaired) electrons. The van der Waals surface area contributed by atoms with Crippen LogP contribution in [0.15, 0.2) is 18.6 Å². The van der Waals surface area contributed by atoms with Gasteiger partial charge in [0.05, 0.1) is 5.69 Å². The lowest BCUT2D eigenvalue weighted by atomic mass is 10.5. The smallest absolute Gasteiger partial charge is 0.212 e. The van der Waals surface area contributed by atoms with Crippen molar-refractivity contribution in [3.8, 4) is 5.13 Å². The van der Waals surface area contributed by atoms with Gasteiger partial charge < -0.3 is 0 Å². The Bertz CT molecular complexity index is 337. The highest BCUT2D eigenvalue weighted by Crippen LogP contribution is 2.06. The first kappa shape index (κ1) is 6.48. The summed E-state index contributed by atoms with van der Waals surface area (Å²) >= 11 is 1.33. The summed E-state index contributed by atoms with van der Waals surface area (Å²) < 4.78 is 5.59. The van der Waals surface area contributed by atoms with Crippen LogP contribution in [0.25, 0.3) is 5.13 Å². The van der Waals surface area contributed by atoms with Crippen LogP contribution in [0.2, 0.25) is 0 Å². The molecule has 4 nitrogen and oxygen atoms in total. The van der Waals surface area contributed by atoms with Crippen LogP contribution < -0.4 is 0 Å². The molecule has 0 saturated heterocycles. The van der Waals surface area contributed by atoms with E-state index in [1.165, 1.54) is 17.9 Å². The second-order valence-electron chi connectivity index (χ2n) is 2.13. The largest absolute Gasteiger partial charge is 0.229 e. The Hall–Kier alpha value is -1.23. The lowest BCUT2D eigenvalue weighted by molar-refractivity contribution is 0.852. The van der Waals surface area contributed by atoms with E-state index >= 15 is 0 Å². The SMILES string of the molecule is Cc1ccn(-c2ncns2)n1. The van der Waals surface area contributed by atoms with Crippen LogP contribution in [0.1, 0.15) is 5.69 Å². The zero-order valence-electron chi connectivity index (χ0n) is 5.93. The fourth-order valence-electron chi connectivity index (χ4n) is 0.790. The second kappa shape index (κ2) is 2.43. The zero-order valence-corrected chi connectivity index (χ0v) is 6.75. The number of nitrogens with zero attached hydrogens (tertiary/aromatic N) is 4. The molecule has 2 aromatic rings. The fourth-order valence-corrected chi connectivity index (χ4v) is 1.26. The summed E-state index contributed by atoms with van der Waals surface area (Å²) in [4.78, 5) is 4.01. The maximum atomic E-state index is 4.18. The van der Waals surface area contributed by atoms with Crippen LogP contribution in [0.4, 0.5) is 0 Å². The summed E-state index contributed by atoms with van der Waals surface area (Å²) in [6, 6.07) is 1.93. The van der Waals surface area contributed by atoms with Crippen molar-refractivity contribution in [2.75, 3.05) is 0 Å². The normalized spacial score (nSPS) is 10.3. The third-order valence-corrected chi connectivity index (χ3v) is 1.92. The molecule has 0 N–H and O–H groups in total. The van der Waals surface area contributed by atoms with Crippen molar-refractivity contribution in [2.24, 2.45) is 0 Å². The van der Waals surface area contributed by atoms with Crippen molar-refractivity contribution in [3.05, 3.63) is 24.3 Å². The molecule has 2 rings (SSSR count). The van der Waals surface area contributed by atoms with Gasteiger partial charge in [0.15, 0.2) is 0 Å². The van der Waals surface area contributed by atoms with Crippen LogP contribution in [-0.4, -0.2) is 19.1 Å². The summed E-state index contributed by atoms with van der Waals surface area (Å²) in [5.41, 5.74) is 0.986. The Kier molecular flexibility index (Phi) is 1.43. The molecule has 0 fully saturated rings. The maximum absolute atomic E-state index is 4.18. The molecule has 2 heterocycles. The van der Waals surface area contributed by atoms with Gasteiger partial charge in [-0.15, -0.1) is 0 Å². The van der Waals surface area contributed by atoms with Gasteiger partial charge in [0, 0.05) is 17.7 Å². The molecule has 0 amide bonds. The molecule has 2 aromatic heterocycles. The Labute approximate surface area is 67.7 Å². The Balaban J connectivity index is 2.45. The highest BCUT2D eigenvalue weighted by Gasteiger charge is 1.99. The lowest BCUT2D eigenvalue weighted by Gasteiger charge is -1.89. The molecular formula is C6H6N4S. The van der Waals surface area contributed by atoms with E-state index in [9.17, 15) is 0 Å². The second-order valence-corrected chi connectivity index (χ2v) is 2.88. The highest BCUT2D eigenvalue weighted by atomic mass is 32.1. The number of hydrogen-bond acceptors (Lipinski definition) is 4. The van der Waals surface area contributed by atoms with Crippen molar-refractivity contribution in [2.45, 2.75) is 6.92 Å². The van der Waals surface area contributed by atoms with Crippen molar-refractivity contribution in [1.82, 2.24) is 19.1 Å². The number of rotatable bonds is 1. The van der Waals surface area contributed by atoms with Crippen LogP contribution in [0, 0.1) is 6.92 Å². The molecule has 56 valence electrons. The predicted octanol–water partition coefficient (Wildman–Crippen LogP) is 1.03. The summed E-state index contributed by atoms with van der Waals surface area (Å²) in [5, 5.41) is 4.98. The van der Waals surface area contributed by atoms with Crippen molar-refractivity contribution in [1.29, 1.82) is 0 Å². The van der Waals surface area contributed by atoms with Crippen LogP contribution in [0.5, 0.6) is 0 Å². The van der Waals surface area contributed by atoms with Gasteiger partial charge in [-0.2, -0.15) is 9.47 Å². The van der Waals surface area contributed by atoms with E-state index in [0.717, 1.165) is 10.8 Å². The fraction of sp³-hybridized carbons (Fsp3) is 0.167. The van der Waals surface area contributed by atoms with Gasteiger partial charge in [-0.1, -0.05) is 0 Å². The van der Waals surface area contributed by atoms with Crippen LogP contribution in [-0.2, 0) is 0 Å². The Morgan fingerprint density at radius 2 is 2.45 bits per heavy atom. The third kappa shape index (κ3) is 1.14. The van der Waals surface area contributed by atoms with Crippen LogP contribution >= 0.6 is 11.5 Å². The van der Waals surface area contributed by atoms with Gasteiger partial charge in [0.25, 0.3) is 0 Å². The standard InChI is InChI=1S/C6H6N4S/c1-5-2-3-10(9-5)6-7-4-8-11-6/h2-4H,1H3. The molecule has 0 aliphatic rings. The van der Waals surface area contributed by atoms with Gasteiger partial charge in [-0.3, -0.25) is 0 Å². The summed E-state index contributed by atoms with van der Waals surface area (Å²) in [6.45, 7) is 1.94. The molecule has 0 spiro atoms.